The van der Waals surface area contributed by atoms with E-state index in [2.05, 4.69) is 50.7 Å². The molecule has 0 unspecified atom stereocenters. The molecule has 0 radical (unpaired) electrons. The molecule has 43 heavy (non-hydrogen) atoms. The highest BCUT2D eigenvalue weighted by atomic mass is 32.1. The quantitative estimate of drug-likeness (QED) is 0.252. The van der Waals surface area contributed by atoms with Crippen molar-refractivity contribution in [2.45, 2.75) is 52.6 Å². The van der Waals surface area contributed by atoms with Crippen LogP contribution in [0.5, 0.6) is 0 Å². The first-order valence-corrected chi connectivity index (χ1v) is 15.1. The van der Waals surface area contributed by atoms with Crippen molar-refractivity contribution >= 4 is 39.5 Å². The molecule has 2 fully saturated rings. The Kier molecular flexibility index (Phi) is 7.25. The van der Waals surface area contributed by atoms with Crippen LogP contribution in [0.25, 0.3) is 27.5 Å². The Balaban J connectivity index is 1.23. The summed E-state index contributed by atoms with van der Waals surface area (Å²) in [6.07, 6.45) is 5.30. The van der Waals surface area contributed by atoms with Crippen LogP contribution in [-0.2, 0) is 9.59 Å². The minimum absolute atomic E-state index is 0.0422. The van der Waals surface area contributed by atoms with Gasteiger partial charge >= 0.3 is 5.97 Å². The second kappa shape index (κ2) is 10.9. The second-order valence-corrected chi connectivity index (χ2v) is 13.1. The summed E-state index contributed by atoms with van der Waals surface area (Å²) in [5, 5.41) is 40.3. The molecule has 13 heteroatoms. The highest BCUT2D eigenvalue weighted by molar-refractivity contribution is 7.18. The average Bonchev–Trinajstić information content (AvgIpc) is 3.68. The third-order valence-corrected chi connectivity index (χ3v) is 9.41. The highest BCUT2D eigenvalue weighted by Crippen LogP contribution is 2.42. The minimum Gasteiger partial charge on any atom is -0.480 e. The zero-order valence-electron chi connectivity index (χ0n) is 24.4. The average molecular weight is 600 g/mol. The zero-order chi connectivity index (χ0) is 30.5. The molecular formula is C30H33N9O3S. The summed E-state index contributed by atoms with van der Waals surface area (Å²) in [5.41, 5.74) is 3.13. The van der Waals surface area contributed by atoms with Crippen LogP contribution in [0.2, 0.25) is 0 Å². The summed E-state index contributed by atoms with van der Waals surface area (Å²) in [4.78, 5) is 31.3. The molecule has 5 heterocycles. The summed E-state index contributed by atoms with van der Waals surface area (Å²) < 4.78 is 1.77. The Bertz CT molecular complexity index is 1740. The molecule has 6 rings (SSSR count). The zero-order valence-corrected chi connectivity index (χ0v) is 25.2. The Morgan fingerprint density at radius 3 is 2.56 bits per heavy atom. The summed E-state index contributed by atoms with van der Waals surface area (Å²) in [7, 11) is 0. The summed E-state index contributed by atoms with van der Waals surface area (Å²) in [5.74, 6) is -1.13. The maximum absolute atomic E-state index is 12.7. The molecule has 1 aliphatic carbocycles. The van der Waals surface area contributed by atoms with Gasteiger partial charge in [-0.3, -0.25) is 14.6 Å². The number of hydrogen-bond donors (Lipinski definition) is 3. The number of rotatable bonds is 8. The van der Waals surface area contributed by atoms with Gasteiger partial charge in [-0.2, -0.15) is 10.4 Å². The van der Waals surface area contributed by atoms with Crippen molar-refractivity contribution in [2.75, 3.05) is 23.3 Å². The minimum atomic E-state index is -1.47. The van der Waals surface area contributed by atoms with E-state index in [1.165, 1.54) is 25.2 Å². The van der Waals surface area contributed by atoms with Crippen LogP contribution >= 0.6 is 11.3 Å². The van der Waals surface area contributed by atoms with E-state index in [0.717, 1.165) is 64.2 Å². The number of amides is 1. The van der Waals surface area contributed by atoms with E-state index >= 15 is 0 Å². The molecule has 4 aromatic rings. The summed E-state index contributed by atoms with van der Waals surface area (Å²) >= 11 is 1.51. The number of fused-ring (bicyclic) bond motifs is 3. The SMILES string of the molecule is CC(C)Nc1cc(-c2ccc3cc(C#N)cnn23)ncc1-c1nnc(N2C[C@H]3CC[C@@H](C2)[C@@H]3NC(=O)C(C)(C)C(=O)O)s1. The van der Waals surface area contributed by atoms with E-state index in [4.69, 9.17) is 4.98 Å². The maximum atomic E-state index is 12.7. The van der Waals surface area contributed by atoms with Gasteiger partial charge in [-0.15, -0.1) is 10.2 Å². The van der Waals surface area contributed by atoms with E-state index in [-0.39, 0.29) is 23.9 Å². The predicted octanol–water partition coefficient (Wildman–Crippen LogP) is 4.05. The third kappa shape index (κ3) is 5.27. The lowest BCUT2D eigenvalue weighted by Gasteiger charge is -2.39. The summed E-state index contributed by atoms with van der Waals surface area (Å²) in [6, 6.07) is 9.89. The molecule has 3 N–H and O–H groups in total. The number of carbonyl (C=O) groups is 2. The van der Waals surface area contributed by atoms with Crippen molar-refractivity contribution < 1.29 is 14.7 Å². The molecule has 1 saturated heterocycles. The Morgan fingerprint density at radius 1 is 1.14 bits per heavy atom. The van der Waals surface area contributed by atoms with Gasteiger partial charge < -0.3 is 20.6 Å². The first-order valence-electron chi connectivity index (χ1n) is 14.3. The van der Waals surface area contributed by atoms with Crippen molar-refractivity contribution in [3.63, 3.8) is 0 Å². The number of aromatic nitrogens is 5. The van der Waals surface area contributed by atoms with Crippen LogP contribution in [0.3, 0.4) is 0 Å². The van der Waals surface area contributed by atoms with Crippen LogP contribution in [0.4, 0.5) is 10.8 Å². The first-order chi connectivity index (χ1) is 20.5. The Morgan fingerprint density at radius 2 is 1.88 bits per heavy atom. The lowest BCUT2D eigenvalue weighted by molar-refractivity contribution is -0.153. The lowest BCUT2D eigenvalue weighted by atomic mass is 9.88. The van der Waals surface area contributed by atoms with E-state index in [1.807, 2.05) is 24.4 Å². The fourth-order valence-corrected chi connectivity index (χ4v) is 6.83. The van der Waals surface area contributed by atoms with E-state index < -0.39 is 17.3 Å². The number of nitrogens with one attached hydrogen (secondary N) is 2. The van der Waals surface area contributed by atoms with Crippen LogP contribution < -0.4 is 15.5 Å². The molecule has 2 bridgehead atoms. The van der Waals surface area contributed by atoms with Crippen LogP contribution in [-0.4, -0.2) is 67.0 Å². The smallest absolute Gasteiger partial charge is 0.318 e. The molecule has 1 amide bonds. The van der Waals surface area contributed by atoms with Gasteiger partial charge in [0.05, 0.1) is 34.2 Å². The van der Waals surface area contributed by atoms with Crippen molar-refractivity contribution in [3.05, 3.63) is 42.2 Å². The summed E-state index contributed by atoms with van der Waals surface area (Å²) in [6.45, 7) is 8.47. The highest BCUT2D eigenvalue weighted by Gasteiger charge is 2.46. The van der Waals surface area contributed by atoms with Gasteiger partial charge in [0.2, 0.25) is 11.0 Å². The van der Waals surface area contributed by atoms with E-state index in [0.29, 0.717) is 5.56 Å². The second-order valence-electron chi connectivity index (χ2n) is 12.1. The molecule has 3 atom stereocenters. The van der Waals surface area contributed by atoms with Crippen molar-refractivity contribution in [1.82, 2.24) is 30.1 Å². The van der Waals surface area contributed by atoms with Gasteiger partial charge in [0.1, 0.15) is 11.5 Å². The first kappa shape index (κ1) is 28.5. The lowest BCUT2D eigenvalue weighted by Crippen LogP contribution is -2.56. The number of anilines is 2. The molecule has 222 valence electrons. The van der Waals surface area contributed by atoms with E-state index in [1.54, 1.807) is 16.8 Å². The number of aliphatic carboxylic acids is 1. The van der Waals surface area contributed by atoms with Crippen LogP contribution in [0.15, 0.2) is 36.7 Å². The molecular weight excluding hydrogens is 566 g/mol. The monoisotopic (exact) mass is 599 g/mol. The fraction of sp³-hybridized carbons (Fsp3) is 0.433. The molecule has 4 aromatic heterocycles. The number of carboxylic acids is 1. The Hall–Kier alpha value is -4.57. The van der Waals surface area contributed by atoms with Gasteiger partial charge in [-0.1, -0.05) is 11.3 Å². The van der Waals surface area contributed by atoms with Gasteiger partial charge in [0, 0.05) is 37.1 Å². The van der Waals surface area contributed by atoms with Gasteiger partial charge in [-0.25, -0.2) is 4.52 Å². The number of hydrogen-bond acceptors (Lipinski definition) is 10. The third-order valence-electron chi connectivity index (χ3n) is 8.39. The number of nitrogens with zero attached hydrogens (tertiary/aromatic N) is 7. The number of carboxylic acid groups (broad SMARTS) is 1. The number of carbonyl (C=O) groups excluding carboxylic acids is 1. The topological polar surface area (TPSA) is 161 Å². The molecule has 2 aliphatic rings. The van der Waals surface area contributed by atoms with Gasteiger partial charge in [0.15, 0.2) is 5.01 Å². The molecule has 1 saturated carbocycles. The predicted molar refractivity (Wildman–Crippen MR) is 163 cm³/mol. The Labute approximate surface area is 252 Å². The molecule has 1 aliphatic heterocycles. The number of nitriles is 1. The van der Waals surface area contributed by atoms with Crippen molar-refractivity contribution in [2.24, 2.45) is 17.3 Å². The number of piperidine rings is 1. The normalized spacial score (nSPS) is 19.9. The van der Waals surface area contributed by atoms with Crippen molar-refractivity contribution in [1.29, 1.82) is 5.26 Å². The number of pyridine rings is 1. The van der Waals surface area contributed by atoms with Crippen LogP contribution in [0, 0.1) is 28.6 Å². The molecule has 0 aromatic carbocycles. The molecule has 12 nitrogen and oxygen atoms in total. The van der Waals surface area contributed by atoms with Gasteiger partial charge in [0.25, 0.3) is 0 Å². The van der Waals surface area contributed by atoms with Crippen LogP contribution in [0.1, 0.15) is 46.1 Å². The van der Waals surface area contributed by atoms with Crippen molar-refractivity contribution in [3.8, 4) is 28.0 Å². The molecule has 0 spiro atoms. The largest absolute Gasteiger partial charge is 0.480 e. The fourth-order valence-electron chi connectivity index (χ4n) is 5.95. The standard InChI is InChI=1S/C30H33N9O3S/c1-16(2)34-22-10-23(24-8-7-20-9-17(11-31)12-33-39(20)24)32-13-21(22)26-36-37-29(43-26)38-14-18-5-6-19(15-38)25(18)35-27(40)30(3,4)28(41)42/h7-10,12-13,16,18-19,25H,5-6,14-15H2,1-4H3,(H,32,34)(H,35,40)(H,41,42)/t18-,19+,25-. The maximum Gasteiger partial charge on any atom is 0.318 e. The van der Waals surface area contributed by atoms with Gasteiger partial charge in [-0.05, 0) is 76.6 Å². The van der Waals surface area contributed by atoms with E-state index in [9.17, 15) is 20.0 Å².